The summed E-state index contributed by atoms with van der Waals surface area (Å²) in [6.07, 6.45) is 5.48. The predicted octanol–water partition coefficient (Wildman–Crippen LogP) is 1.67. The molecule has 0 unspecified atom stereocenters. The van der Waals surface area contributed by atoms with Crippen molar-refractivity contribution in [2.75, 3.05) is 26.2 Å². The van der Waals surface area contributed by atoms with Gasteiger partial charge in [0.25, 0.3) is 0 Å². The molecule has 0 spiro atoms. The van der Waals surface area contributed by atoms with Crippen LogP contribution in [0.4, 0.5) is 4.79 Å². The molecule has 136 valence electrons. The number of carbonyl (C=O) groups is 3. The fraction of sp³-hybridized carbons (Fsp3) is 0.824. The van der Waals surface area contributed by atoms with Crippen LogP contribution >= 0.6 is 0 Å². The Hall–Kier alpha value is -1.79. The number of likely N-dealkylation sites (tertiary alicyclic amines) is 2. The summed E-state index contributed by atoms with van der Waals surface area (Å²) >= 11 is 0. The number of rotatable bonds is 6. The van der Waals surface area contributed by atoms with Crippen LogP contribution in [0.25, 0.3) is 0 Å². The summed E-state index contributed by atoms with van der Waals surface area (Å²) in [4.78, 5) is 39.6. The molecule has 3 amide bonds. The van der Waals surface area contributed by atoms with Gasteiger partial charge >= 0.3 is 12.0 Å². The van der Waals surface area contributed by atoms with E-state index in [0.717, 1.165) is 38.8 Å². The Kier molecular flexibility index (Phi) is 6.87. The van der Waals surface area contributed by atoms with Crippen molar-refractivity contribution in [2.24, 2.45) is 5.92 Å². The summed E-state index contributed by atoms with van der Waals surface area (Å²) in [5.41, 5.74) is 0. The van der Waals surface area contributed by atoms with E-state index in [1.165, 1.54) is 0 Å². The van der Waals surface area contributed by atoms with Crippen LogP contribution in [0.15, 0.2) is 0 Å². The highest BCUT2D eigenvalue weighted by Gasteiger charge is 2.31. The molecular weight excluding hydrogens is 310 g/mol. The lowest BCUT2D eigenvalue weighted by Crippen LogP contribution is -2.49. The number of hydrogen-bond donors (Lipinski definition) is 2. The summed E-state index contributed by atoms with van der Waals surface area (Å²) in [7, 11) is 0. The molecule has 7 heteroatoms. The van der Waals surface area contributed by atoms with Crippen LogP contribution in [0, 0.1) is 5.92 Å². The molecule has 1 atom stereocenters. The summed E-state index contributed by atoms with van der Waals surface area (Å²) < 4.78 is 0. The molecule has 0 aromatic heterocycles. The van der Waals surface area contributed by atoms with Crippen molar-refractivity contribution in [1.82, 2.24) is 15.1 Å². The quantitative estimate of drug-likeness (QED) is 0.770. The zero-order valence-corrected chi connectivity index (χ0v) is 14.5. The lowest BCUT2D eigenvalue weighted by molar-refractivity contribution is -0.143. The summed E-state index contributed by atoms with van der Waals surface area (Å²) in [5, 5.41) is 11.9. The molecule has 2 aliphatic rings. The van der Waals surface area contributed by atoms with E-state index in [-0.39, 0.29) is 17.9 Å². The minimum absolute atomic E-state index is 0.0812. The molecule has 7 nitrogen and oxygen atoms in total. The third-order valence-corrected chi connectivity index (χ3v) is 4.97. The first-order chi connectivity index (χ1) is 11.5. The first kappa shape index (κ1) is 18.5. The molecule has 24 heavy (non-hydrogen) atoms. The number of nitrogens with zero attached hydrogens (tertiary/aromatic N) is 2. The van der Waals surface area contributed by atoms with Crippen molar-refractivity contribution in [3.63, 3.8) is 0 Å². The van der Waals surface area contributed by atoms with Gasteiger partial charge in [0.15, 0.2) is 0 Å². The number of carboxylic acids is 1. The van der Waals surface area contributed by atoms with Crippen molar-refractivity contribution >= 4 is 17.9 Å². The lowest BCUT2D eigenvalue weighted by Gasteiger charge is -2.34. The van der Waals surface area contributed by atoms with Crippen molar-refractivity contribution in [3.8, 4) is 0 Å². The first-order valence-electron chi connectivity index (χ1n) is 9.10. The van der Waals surface area contributed by atoms with Gasteiger partial charge in [-0.3, -0.25) is 4.79 Å². The SMILES string of the molecule is CCCC[C@H](NC(=O)C1CCN(C(=O)N2CCCC2)CC1)C(=O)O. The topological polar surface area (TPSA) is 90.0 Å². The van der Waals surface area contributed by atoms with Crippen LogP contribution in [0.5, 0.6) is 0 Å². The molecule has 0 aromatic rings. The molecule has 2 N–H and O–H groups in total. The van der Waals surface area contributed by atoms with E-state index in [0.29, 0.717) is 32.4 Å². The van der Waals surface area contributed by atoms with Gasteiger partial charge in [0, 0.05) is 32.1 Å². The third-order valence-electron chi connectivity index (χ3n) is 4.97. The highest BCUT2D eigenvalue weighted by Crippen LogP contribution is 2.20. The van der Waals surface area contributed by atoms with Crippen LogP contribution in [-0.2, 0) is 9.59 Å². The maximum atomic E-state index is 12.3. The Bertz CT molecular complexity index is 455. The molecule has 0 radical (unpaired) electrons. The van der Waals surface area contributed by atoms with Gasteiger partial charge in [0.2, 0.25) is 5.91 Å². The van der Waals surface area contributed by atoms with E-state index < -0.39 is 12.0 Å². The Morgan fingerprint density at radius 1 is 1.08 bits per heavy atom. The highest BCUT2D eigenvalue weighted by atomic mass is 16.4. The Morgan fingerprint density at radius 3 is 2.21 bits per heavy atom. The number of piperidine rings is 1. The van der Waals surface area contributed by atoms with E-state index in [1.807, 2.05) is 16.7 Å². The maximum absolute atomic E-state index is 12.3. The van der Waals surface area contributed by atoms with E-state index >= 15 is 0 Å². The van der Waals surface area contributed by atoms with Gasteiger partial charge < -0.3 is 20.2 Å². The van der Waals surface area contributed by atoms with Crippen LogP contribution in [0.2, 0.25) is 0 Å². The van der Waals surface area contributed by atoms with Gasteiger partial charge in [-0.05, 0) is 32.1 Å². The molecule has 0 aromatic carbocycles. The van der Waals surface area contributed by atoms with Gasteiger partial charge in [-0.2, -0.15) is 0 Å². The summed E-state index contributed by atoms with van der Waals surface area (Å²) in [6, 6.07) is -0.723. The average molecular weight is 339 g/mol. The normalized spacial score (nSPS) is 20.0. The third kappa shape index (κ3) is 4.85. The number of aliphatic carboxylic acids is 1. The molecular formula is C17H29N3O4. The molecule has 0 bridgehead atoms. The Balaban J connectivity index is 1.79. The fourth-order valence-corrected chi connectivity index (χ4v) is 3.40. The zero-order chi connectivity index (χ0) is 17.5. The molecule has 2 fully saturated rings. The van der Waals surface area contributed by atoms with E-state index in [1.54, 1.807) is 0 Å². The van der Waals surface area contributed by atoms with Crippen molar-refractivity contribution < 1.29 is 19.5 Å². The van der Waals surface area contributed by atoms with Crippen LogP contribution in [-0.4, -0.2) is 65.0 Å². The smallest absolute Gasteiger partial charge is 0.326 e. The van der Waals surface area contributed by atoms with Gasteiger partial charge in [-0.15, -0.1) is 0 Å². The minimum atomic E-state index is -0.974. The average Bonchev–Trinajstić information content (AvgIpc) is 3.12. The van der Waals surface area contributed by atoms with Crippen LogP contribution in [0.3, 0.4) is 0 Å². The van der Waals surface area contributed by atoms with E-state index in [4.69, 9.17) is 0 Å². The maximum Gasteiger partial charge on any atom is 0.326 e. The van der Waals surface area contributed by atoms with Crippen LogP contribution in [0.1, 0.15) is 51.9 Å². The van der Waals surface area contributed by atoms with Crippen LogP contribution < -0.4 is 5.32 Å². The Morgan fingerprint density at radius 2 is 1.67 bits per heavy atom. The monoisotopic (exact) mass is 339 g/mol. The van der Waals surface area contributed by atoms with Crippen molar-refractivity contribution in [3.05, 3.63) is 0 Å². The molecule has 2 rings (SSSR count). The molecule has 0 aliphatic carbocycles. The Labute approximate surface area is 143 Å². The molecule has 2 heterocycles. The first-order valence-corrected chi connectivity index (χ1v) is 9.10. The van der Waals surface area contributed by atoms with Gasteiger partial charge in [0.1, 0.15) is 6.04 Å². The summed E-state index contributed by atoms with van der Waals surface area (Å²) in [5.74, 6) is -1.36. The second-order valence-corrected chi connectivity index (χ2v) is 6.78. The molecule has 2 aliphatic heterocycles. The molecule has 2 saturated heterocycles. The largest absolute Gasteiger partial charge is 0.480 e. The number of unbranched alkanes of at least 4 members (excludes halogenated alkanes) is 1. The standard InChI is InChI=1S/C17H29N3O4/c1-2-3-6-14(16(22)23)18-15(21)13-7-11-20(12-8-13)17(24)19-9-4-5-10-19/h13-14H,2-12H2,1H3,(H,18,21)(H,22,23)/t14-/m0/s1. The second-order valence-electron chi connectivity index (χ2n) is 6.78. The molecule has 0 saturated carbocycles. The number of urea groups is 1. The van der Waals surface area contributed by atoms with E-state index in [9.17, 15) is 19.5 Å². The van der Waals surface area contributed by atoms with Gasteiger partial charge in [-0.25, -0.2) is 9.59 Å². The van der Waals surface area contributed by atoms with Gasteiger partial charge in [-0.1, -0.05) is 19.8 Å². The number of amides is 3. The van der Waals surface area contributed by atoms with Gasteiger partial charge in [0.05, 0.1) is 0 Å². The number of carbonyl (C=O) groups excluding carboxylic acids is 2. The highest BCUT2D eigenvalue weighted by molar-refractivity contribution is 5.85. The van der Waals surface area contributed by atoms with Crippen molar-refractivity contribution in [1.29, 1.82) is 0 Å². The number of hydrogen-bond acceptors (Lipinski definition) is 3. The number of nitrogens with one attached hydrogen (secondary N) is 1. The fourth-order valence-electron chi connectivity index (χ4n) is 3.40. The predicted molar refractivity (Wildman–Crippen MR) is 89.6 cm³/mol. The van der Waals surface area contributed by atoms with E-state index in [2.05, 4.69) is 5.32 Å². The zero-order valence-electron chi connectivity index (χ0n) is 14.5. The summed E-state index contributed by atoms with van der Waals surface area (Å²) in [6.45, 7) is 4.79. The second kappa shape index (κ2) is 8.89. The van der Waals surface area contributed by atoms with Crippen molar-refractivity contribution in [2.45, 2.75) is 57.9 Å². The minimum Gasteiger partial charge on any atom is -0.480 e. The number of carboxylic acid groups (broad SMARTS) is 1. The lowest BCUT2D eigenvalue weighted by atomic mass is 9.95.